The average molecular weight is 512 g/mol. The maximum absolute atomic E-state index is 12.9. The van der Waals surface area contributed by atoms with E-state index in [1.54, 1.807) is 58.9 Å². The number of carbonyl (C=O) groups excluding carboxylic acids is 5. The Balaban J connectivity index is 2.43. The maximum Gasteiger partial charge on any atom is 0.326 e. The van der Waals surface area contributed by atoms with Crippen LogP contribution in [0.25, 0.3) is 6.08 Å². The number of hydrogen-bond acceptors (Lipinski definition) is 6. The molecule has 4 atom stereocenters. The summed E-state index contributed by atoms with van der Waals surface area (Å²) in [5, 5.41) is 5.26. The lowest BCUT2D eigenvalue weighted by Crippen LogP contribution is -2.55. The van der Waals surface area contributed by atoms with Gasteiger partial charge in [0.2, 0.25) is 17.7 Å². The number of cyclic esters (lactones) is 1. The SMILES string of the molecule is C=C1CC(=O)N[C@@H](C)C(=O)N(C)[C@@H](C(C)C)C(=O)NCC(=O)O[C@@H](/C(C)=C/c2cccc(C=O)c2)[C@@H]1C. The molecule has 0 spiro atoms. The van der Waals surface area contributed by atoms with E-state index in [1.807, 2.05) is 6.07 Å². The topological polar surface area (TPSA) is 122 Å². The molecule has 1 aromatic rings. The number of carbonyl (C=O) groups is 5. The second kappa shape index (κ2) is 13.0. The minimum Gasteiger partial charge on any atom is -0.456 e. The van der Waals surface area contributed by atoms with Crippen molar-refractivity contribution in [1.29, 1.82) is 0 Å². The maximum atomic E-state index is 12.9. The summed E-state index contributed by atoms with van der Waals surface area (Å²) in [5.41, 5.74) is 2.43. The van der Waals surface area contributed by atoms with Crippen LogP contribution in [0.3, 0.4) is 0 Å². The lowest BCUT2D eigenvalue weighted by molar-refractivity contribution is -0.149. The molecule has 1 fully saturated rings. The van der Waals surface area contributed by atoms with Gasteiger partial charge in [-0.2, -0.15) is 0 Å². The first kappa shape index (κ1) is 29.5. The van der Waals surface area contributed by atoms with Gasteiger partial charge in [0.25, 0.3) is 0 Å². The Bertz CT molecular complexity index is 1090. The fraction of sp³-hybridized carbons (Fsp3) is 0.464. The molecule has 0 unspecified atom stereocenters. The highest BCUT2D eigenvalue weighted by Gasteiger charge is 2.34. The highest BCUT2D eigenvalue weighted by atomic mass is 16.5. The van der Waals surface area contributed by atoms with E-state index in [-0.39, 0.29) is 18.9 Å². The van der Waals surface area contributed by atoms with Crippen LogP contribution in [0, 0.1) is 11.8 Å². The molecule has 0 bridgehead atoms. The Morgan fingerprint density at radius 3 is 2.43 bits per heavy atom. The molecule has 1 aliphatic rings. The molecule has 0 saturated carbocycles. The fourth-order valence-corrected chi connectivity index (χ4v) is 4.41. The zero-order valence-electron chi connectivity index (χ0n) is 22.4. The van der Waals surface area contributed by atoms with Crippen molar-refractivity contribution in [3.8, 4) is 0 Å². The van der Waals surface area contributed by atoms with E-state index in [0.717, 1.165) is 11.8 Å². The molecular weight excluding hydrogens is 474 g/mol. The number of ether oxygens (including phenoxy) is 1. The Kier molecular flexibility index (Phi) is 10.3. The number of benzene rings is 1. The number of likely N-dealkylation sites (N-methyl/N-ethyl adjacent to an activating group) is 1. The van der Waals surface area contributed by atoms with Gasteiger partial charge in [-0.25, -0.2) is 0 Å². The molecule has 9 heteroatoms. The first-order chi connectivity index (χ1) is 17.3. The molecule has 1 heterocycles. The number of hydrogen-bond donors (Lipinski definition) is 2. The van der Waals surface area contributed by atoms with Crippen LogP contribution in [0.5, 0.6) is 0 Å². The normalized spacial score (nSPS) is 25.1. The van der Waals surface area contributed by atoms with Crippen molar-refractivity contribution in [3.05, 3.63) is 53.1 Å². The van der Waals surface area contributed by atoms with E-state index in [2.05, 4.69) is 17.2 Å². The van der Waals surface area contributed by atoms with Crippen molar-refractivity contribution in [2.24, 2.45) is 11.8 Å². The number of aldehydes is 1. The average Bonchev–Trinajstić information content (AvgIpc) is 2.84. The quantitative estimate of drug-likeness (QED) is 0.364. The Morgan fingerprint density at radius 1 is 1.16 bits per heavy atom. The van der Waals surface area contributed by atoms with Gasteiger partial charge in [0, 0.05) is 24.9 Å². The van der Waals surface area contributed by atoms with Crippen LogP contribution in [0.15, 0.2) is 42.0 Å². The van der Waals surface area contributed by atoms with Crippen molar-refractivity contribution in [1.82, 2.24) is 15.5 Å². The minimum absolute atomic E-state index is 0.0742. The predicted molar refractivity (Wildman–Crippen MR) is 140 cm³/mol. The van der Waals surface area contributed by atoms with Crippen LogP contribution in [0.4, 0.5) is 0 Å². The van der Waals surface area contributed by atoms with Crippen LogP contribution in [-0.4, -0.2) is 66.7 Å². The summed E-state index contributed by atoms with van der Waals surface area (Å²) in [4.78, 5) is 63.9. The molecule has 2 rings (SSSR count). The van der Waals surface area contributed by atoms with Gasteiger partial charge in [-0.1, -0.05) is 57.2 Å². The van der Waals surface area contributed by atoms with Crippen LogP contribution >= 0.6 is 0 Å². The van der Waals surface area contributed by atoms with Crippen molar-refractivity contribution in [2.75, 3.05) is 13.6 Å². The van der Waals surface area contributed by atoms with E-state index in [9.17, 15) is 24.0 Å². The Labute approximate surface area is 218 Å². The van der Waals surface area contributed by atoms with Crippen LogP contribution in [-0.2, 0) is 23.9 Å². The first-order valence-electron chi connectivity index (χ1n) is 12.3. The lowest BCUT2D eigenvalue weighted by Gasteiger charge is -2.32. The van der Waals surface area contributed by atoms with Gasteiger partial charge >= 0.3 is 5.97 Å². The standard InChI is InChI=1S/C28H37N3O6/c1-16(2)25-27(35)29-14-24(34)37-26(18(4)11-21-9-8-10-22(13-21)15-32)19(5)17(3)12-23(33)30-20(6)28(36)31(25)7/h8-11,13,15-16,19-20,25-26H,3,12,14H2,1-2,4-7H3,(H,29,35)(H,30,33)/b18-11+/t19-,20+,25+,26+/m1/s1. The van der Waals surface area contributed by atoms with Gasteiger partial charge < -0.3 is 20.3 Å². The van der Waals surface area contributed by atoms with E-state index in [1.165, 1.54) is 11.9 Å². The summed E-state index contributed by atoms with van der Waals surface area (Å²) in [6.07, 6.45) is 1.69. The third-order valence-electron chi connectivity index (χ3n) is 6.45. The van der Waals surface area contributed by atoms with Gasteiger partial charge in [0.1, 0.15) is 31.0 Å². The van der Waals surface area contributed by atoms with Gasteiger partial charge in [-0.05, 0) is 37.0 Å². The minimum atomic E-state index is -0.861. The van der Waals surface area contributed by atoms with Gasteiger partial charge in [-0.3, -0.25) is 24.0 Å². The largest absolute Gasteiger partial charge is 0.456 e. The van der Waals surface area contributed by atoms with Crippen molar-refractivity contribution >= 4 is 36.1 Å². The van der Waals surface area contributed by atoms with E-state index in [0.29, 0.717) is 16.7 Å². The second-order valence-corrected chi connectivity index (χ2v) is 9.86. The summed E-state index contributed by atoms with van der Waals surface area (Å²) < 4.78 is 5.78. The molecule has 1 saturated heterocycles. The number of rotatable bonds is 4. The summed E-state index contributed by atoms with van der Waals surface area (Å²) in [6, 6.07) is 5.25. The molecule has 9 nitrogen and oxygen atoms in total. The molecule has 1 aromatic carbocycles. The van der Waals surface area contributed by atoms with Crippen LogP contribution in [0.2, 0.25) is 0 Å². The predicted octanol–water partition coefficient (Wildman–Crippen LogP) is 2.51. The Hall–Kier alpha value is -3.75. The molecule has 37 heavy (non-hydrogen) atoms. The number of nitrogens with one attached hydrogen (secondary N) is 2. The van der Waals surface area contributed by atoms with E-state index in [4.69, 9.17) is 4.74 Å². The molecule has 3 amide bonds. The van der Waals surface area contributed by atoms with Gasteiger partial charge in [0.15, 0.2) is 0 Å². The van der Waals surface area contributed by atoms with E-state index < -0.39 is 47.8 Å². The third kappa shape index (κ3) is 7.87. The van der Waals surface area contributed by atoms with Crippen LogP contribution < -0.4 is 10.6 Å². The molecule has 1 aliphatic heterocycles. The molecule has 0 aliphatic carbocycles. The molecule has 2 N–H and O–H groups in total. The number of nitrogens with zero attached hydrogens (tertiary/aromatic N) is 1. The lowest BCUT2D eigenvalue weighted by atomic mass is 9.88. The number of amides is 3. The molecule has 0 radical (unpaired) electrons. The van der Waals surface area contributed by atoms with Crippen molar-refractivity contribution in [2.45, 2.75) is 59.2 Å². The summed E-state index contributed by atoms with van der Waals surface area (Å²) in [7, 11) is 1.50. The van der Waals surface area contributed by atoms with E-state index >= 15 is 0 Å². The molecular formula is C28H37N3O6. The zero-order valence-corrected chi connectivity index (χ0v) is 22.4. The second-order valence-electron chi connectivity index (χ2n) is 9.86. The van der Waals surface area contributed by atoms with Crippen molar-refractivity contribution in [3.63, 3.8) is 0 Å². The van der Waals surface area contributed by atoms with Crippen molar-refractivity contribution < 1.29 is 28.7 Å². The summed E-state index contributed by atoms with van der Waals surface area (Å²) in [6.45, 7) is 12.4. The van der Waals surface area contributed by atoms with Gasteiger partial charge in [-0.15, -0.1) is 0 Å². The molecule has 200 valence electrons. The highest BCUT2D eigenvalue weighted by Crippen LogP contribution is 2.26. The third-order valence-corrected chi connectivity index (χ3v) is 6.45. The fourth-order valence-electron chi connectivity index (χ4n) is 4.41. The molecule has 0 aromatic heterocycles. The Morgan fingerprint density at radius 2 is 1.81 bits per heavy atom. The highest BCUT2D eigenvalue weighted by molar-refractivity contribution is 5.93. The number of esters is 1. The van der Waals surface area contributed by atoms with Crippen LogP contribution in [0.1, 0.15) is 57.0 Å². The monoisotopic (exact) mass is 511 g/mol. The first-order valence-corrected chi connectivity index (χ1v) is 12.3. The smallest absolute Gasteiger partial charge is 0.326 e. The van der Waals surface area contributed by atoms with Gasteiger partial charge in [0.05, 0.1) is 0 Å². The summed E-state index contributed by atoms with van der Waals surface area (Å²) in [5.74, 6) is -2.70. The zero-order chi connectivity index (χ0) is 27.9. The summed E-state index contributed by atoms with van der Waals surface area (Å²) >= 11 is 0.